The van der Waals surface area contributed by atoms with Gasteiger partial charge in [0.05, 0.1) is 0 Å². The molecule has 0 bridgehead atoms. The Balaban J connectivity index is 2.01. The van der Waals surface area contributed by atoms with Crippen molar-refractivity contribution in [1.82, 2.24) is 0 Å². The third kappa shape index (κ3) is 2.76. The van der Waals surface area contributed by atoms with Crippen molar-refractivity contribution in [3.63, 3.8) is 0 Å². The number of halogens is 1. The van der Waals surface area contributed by atoms with Crippen LogP contribution in [0.4, 0.5) is 0 Å². The molecule has 0 atom stereocenters. The van der Waals surface area contributed by atoms with Gasteiger partial charge in [0, 0.05) is 0 Å². The summed E-state index contributed by atoms with van der Waals surface area (Å²) in [4.78, 5) is 0. The fraction of sp³-hybridized carbons (Fsp3) is 0.0588. The van der Waals surface area contributed by atoms with Crippen molar-refractivity contribution in [2.45, 2.75) is 0 Å². The van der Waals surface area contributed by atoms with Crippen molar-refractivity contribution in [3.05, 3.63) is 65.1 Å². The first-order valence-corrected chi connectivity index (χ1v) is 8.78. The first-order valence-electron chi connectivity index (χ1n) is 6.27. The number of fused-ring (bicyclic) bond motifs is 1. The van der Waals surface area contributed by atoms with Crippen LogP contribution in [0.25, 0.3) is 10.8 Å². The zero-order valence-electron chi connectivity index (χ0n) is 11.0. The van der Waals surface area contributed by atoms with Crippen molar-refractivity contribution >= 4 is 50.6 Å². The molecule has 0 radical (unpaired) electrons. The molecule has 0 saturated carbocycles. The van der Waals surface area contributed by atoms with Gasteiger partial charge in [-0.1, -0.05) is 0 Å². The van der Waals surface area contributed by atoms with Gasteiger partial charge in [0.2, 0.25) is 0 Å². The van der Waals surface area contributed by atoms with Gasteiger partial charge in [-0.25, -0.2) is 0 Å². The van der Waals surface area contributed by atoms with E-state index in [-0.39, 0.29) is 15.0 Å². The molecule has 20 heavy (non-hydrogen) atoms. The van der Waals surface area contributed by atoms with Crippen molar-refractivity contribution in [2.75, 3.05) is 7.11 Å². The predicted octanol–water partition coefficient (Wildman–Crippen LogP) is 3.27. The molecule has 0 N–H and O–H groups in total. The van der Waals surface area contributed by atoms with E-state index in [0.717, 1.165) is 5.75 Å². The molecular weight excluding hydrogens is 379 g/mol. The molecule has 0 amide bonds. The molecule has 0 saturated heterocycles. The van der Waals surface area contributed by atoms with Crippen molar-refractivity contribution < 1.29 is 4.74 Å². The average Bonchev–Trinajstić information content (AvgIpc) is 2.48. The van der Waals surface area contributed by atoms with Gasteiger partial charge in [-0.05, 0) is 0 Å². The molecule has 0 fully saturated rings. The van der Waals surface area contributed by atoms with Gasteiger partial charge in [0.25, 0.3) is 0 Å². The van der Waals surface area contributed by atoms with E-state index in [9.17, 15) is 0 Å². The van der Waals surface area contributed by atoms with Gasteiger partial charge in [-0.15, -0.1) is 0 Å². The Morgan fingerprint density at radius 3 is 2.30 bits per heavy atom. The molecule has 0 unspecified atom stereocenters. The first-order chi connectivity index (χ1) is 9.78. The van der Waals surface area contributed by atoms with Crippen LogP contribution in [0.15, 0.2) is 65.1 Å². The topological polar surface area (TPSA) is 9.23 Å². The fourth-order valence-corrected chi connectivity index (χ4v) is 5.11. The number of hydrogen-bond donors (Lipinski definition) is 0. The van der Waals surface area contributed by atoms with Crippen molar-refractivity contribution in [2.24, 2.45) is 0 Å². The maximum atomic E-state index is 5.21. The van der Waals surface area contributed by atoms with Crippen LogP contribution in [0.5, 0.6) is 5.75 Å². The minimum atomic E-state index is 0.287. The average molecular weight is 392 g/mol. The zero-order valence-corrected chi connectivity index (χ0v) is 14.3. The summed E-state index contributed by atoms with van der Waals surface area (Å²) in [6, 6.07) is 21.2. The number of benzene rings is 3. The Bertz CT molecular complexity index is 732. The van der Waals surface area contributed by atoms with E-state index in [2.05, 4.69) is 64.5 Å². The fourth-order valence-electron chi connectivity index (χ4n) is 2.12. The Morgan fingerprint density at radius 2 is 1.60 bits per heavy atom. The third-order valence-corrected chi connectivity index (χ3v) is 6.00. The summed E-state index contributed by atoms with van der Waals surface area (Å²) in [5.74, 6) is 0.906. The van der Waals surface area contributed by atoms with Gasteiger partial charge < -0.3 is 0 Å². The monoisotopic (exact) mass is 392 g/mol. The van der Waals surface area contributed by atoms with Crippen LogP contribution in [-0.4, -0.2) is 22.1 Å². The van der Waals surface area contributed by atoms with Crippen molar-refractivity contribution in [1.29, 1.82) is 0 Å². The standard InChI is InChI=1S/C17H13BrOSe/c1-19-13-8-10-14(11-9-13)20-16-7-3-5-12-4-2-6-15(18)17(12)16/h2-11H,1H3. The van der Waals surface area contributed by atoms with Gasteiger partial charge in [0.15, 0.2) is 0 Å². The Morgan fingerprint density at radius 1 is 0.900 bits per heavy atom. The number of rotatable bonds is 3. The van der Waals surface area contributed by atoms with E-state index in [1.165, 1.54) is 24.2 Å². The van der Waals surface area contributed by atoms with E-state index < -0.39 is 0 Å². The first kappa shape index (κ1) is 13.7. The van der Waals surface area contributed by atoms with Gasteiger partial charge in [-0.2, -0.15) is 0 Å². The maximum absolute atomic E-state index is 5.21. The summed E-state index contributed by atoms with van der Waals surface area (Å²) >= 11 is 3.96. The van der Waals surface area contributed by atoms with Crippen LogP contribution in [0.2, 0.25) is 0 Å². The normalized spacial score (nSPS) is 10.7. The minimum absolute atomic E-state index is 0.287. The number of hydrogen-bond acceptors (Lipinski definition) is 1. The van der Waals surface area contributed by atoms with E-state index in [1.54, 1.807) is 7.11 Å². The van der Waals surface area contributed by atoms with Crippen LogP contribution >= 0.6 is 15.9 Å². The summed E-state index contributed by atoms with van der Waals surface area (Å²) in [6.45, 7) is 0. The predicted molar refractivity (Wildman–Crippen MR) is 89.7 cm³/mol. The molecule has 3 rings (SSSR count). The van der Waals surface area contributed by atoms with E-state index in [1.807, 2.05) is 12.1 Å². The second-order valence-electron chi connectivity index (χ2n) is 4.37. The van der Waals surface area contributed by atoms with E-state index >= 15 is 0 Å². The molecule has 0 aromatic heterocycles. The van der Waals surface area contributed by atoms with E-state index in [0.29, 0.717) is 0 Å². The molecule has 0 aliphatic rings. The summed E-state index contributed by atoms with van der Waals surface area (Å²) in [7, 11) is 1.70. The van der Waals surface area contributed by atoms with Crippen LogP contribution < -0.4 is 13.7 Å². The molecule has 0 aliphatic carbocycles. The molecule has 3 heteroatoms. The SMILES string of the molecule is COc1ccc([Se]c2cccc3cccc(Br)c23)cc1. The summed E-state index contributed by atoms with van der Waals surface area (Å²) in [5.41, 5.74) is 0. The van der Waals surface area contributed by atoms with E-state index in [4.69, 9.17) is 4.74 Å². The summed E-state index contributed by atoms with van der Waals surface area (Å²) < 4.78 is 9.12. The molecular formula is C17H13BrOSe. The number of methoxy groups -OCH3 is 1. The Kier molecular flexibility index (Phi) is 4.11. The Hall–Kier alpha value is -1.28. The summed E-state index contributed by atoms with van der Waals surface area (Å²) in [6.07, 6.45) is 0. The summed E-state index contributed by atoms with van der Waals surface area (Å²) in [5, 5.41) is 2.61. The molecule has 3 aromatic rings. The molecule has 0 spiro atoms. The van der Waals surface area contributed by atoms with Crippen LogP contribution in [0.1, 0.15) is 0 Å². The molecule has 100 valence electrons. The molecule has 3 aromatic carbocycles. The second kappa shape index (κ2) is 6.01. The second-order valence-corrected chi connectivity index (χ2v) is 7.57. The third-order valence-electron chi connectivity index (χ3n) is 3.10. The van der Waals surface area contributed by atoms with Crippen LogP contribution in [-0.2, 0) is 0 Å². The quantitative estimate of drug-likeness (QED) is 0.622. The number of ether oxygens (including phenoxy) is 1. The van der Waals surface area contributed by atoms with Gasteiger partial charge >= 0.3 is 133 Å². The Labute approximate surface area is 133 Å². The van der Waals surface area contributed by atoms with Crippen LogP contribution in [0, 0.1) is 0 Å². The molecule has 0 aliphatic heterocycles. The van der Waals surface area contributed by atoms with Crippen molar-refractivity contribution in [3.8, 4) is 5.75 Å². The molecule has 1 nitrogen and oxygen atoms in total. The molecule has 0 heterocycles. The van der Waals surface area contributed by atoms with Gasteiger partial charge in [0.1, 0.15) is 0 Å². The zero-order chi connectivity index (χ0) is 13.9. The van der Waals surface area contributed by atoms with Gasteiger partial charge in [-0.3, -0.25) is 0 Å². The van der Waals surface area contributed by atoms with Crippen LogP contribution in [0.3, 0.4) is 0 Å².